The van der Waals surface area contributed by atoms with Crippen LogP contribution in [0.3, 0.4) is 0 Å². The second-order valence-electron chi connectivity index (χ2n) is 4.94. The minimum atomic E-state index is -0.132. The van der Waals surface area contributed by atoms with E-state index in [1.54, 1.807) is 19.2 Å². The molecule has 2 aromatic carbocycles. The molecule has 3 aromatic rings. The number of aliphatic hydroxyl groups is 1. The summed E-state index contributed by atoms with van der Waals surface area (Å²) in [5.41, 5.74) is 3.40. The number of nitriles is 1. The molecule has 0 aliphatic heterocycles. The van der Waals surface area contributed by atoms with Crippen molar-refractivity contribution >= 4 is 11.0 Å². The molecule has 0 atom stereocenters. The highest BCUT2D eigenvalue weighted by Crippen LogP contribution is 2.23. The third-order valence-electron chi connectivity index (χ3n) is 3.60. The van der Waals surface area contributed by atoms with Gasteiger partial charge in [0.15, 0.2) is 0 Å². The third-order valence-corrected chi connectivity index (χ3v) is 3.60. The number of aliphatic hydroxyl groups excluding tert-OH is 1. The Morgan fingerprint density at radius 1 is 1.23 bits per heavy atom. The molecule has 0 amide bonds. The second-order valence-corrected chi connectivity index (χ2v) is 4.94. The van der Waals surface area contributed by atoms with Gasteiger partial charge in [-0.1, -0.05) is 12.1 Å². The van der Waals surface area contributed by atoms with E-state index < -0.39 is 0 Å². The van der Waals surface area contributed by atoms with E-state index in [-0.39, 0.29) is 6.61 Å². The Morgan fingerprint density at radius 3 is 2.64 bits per heavy atom. The fraction of sp³-hybridized carbons (Fsp3) is 0.176. The molecule has 1 heterocycles. The molecule has 0 spiro atoms. The maximum atomic E-state index is 9.55. The highest BCUT2D eigenvalue weighted by molar-refractivity contribution is 5.78. The Kier molecular flexibility index (Phi) is 3.77. The maximum absolute atomic E-state index is 9.55. The summed E-state index contributed by atoms with van der Waals surface area (Å²) in [6, 6.07) is 15.2. The van der Waals surface area contributed by atoms with Crippen molar-refractivity contribution in [1.82, 2.24) is 9.55 Å². The molecule has 0 unspecified atom stereocenters. The first-order valence-electron chi connectivity index (χ1n) is 6.88. The lowest BCUT2D eigenvalue weighted by Gasteiger charge is -2.08. The predicted octanol–water partition coefficient (Wildman–Crippen LogP) is 2.46. The largest absolute Gasteiger partial charge is 0.497 e. The predicted molar refractivity (Wildman–Crippen MR) is 82.5 cm³/mol. The van der Waals surface area contributed by atoms with Gasteiger partial charge in [-0.15, -0.1) is 0 Å². The number of rotatable bonds is 4. The van der Waals surface area contributed by atoms with E-state index in [9.17, 15) is 5.11 Å². The van der Waals surface area contributed by atoms with Crippen molar-refractivity contribution in [2.24, 2.45) is 0 Å². The molecular formula is C17H15N3O2. The van der Waals surface area contributed by atoms with E-state index in [1.807, 2.05) is 34.9 Å². The molecule has 110 valence electrons. The van der Waals surface area contributed by atoms with E-state index in [0.717, 1.165) is 22.3 Å². The van der Waals surface area contributed by atoms with Crippen molar-refractivity contribution < 1.29 is 9.84 Å². The summed E-state index contributed by atoms with van der Waals surface area (Å²) < 4.78 is 7.17. The van der Waals surface area contributed by atoms with Gasteiger partial charge in [0.2, 0.25) is 0 Å². The molecule has 0 saturated carbocycles. The van der Waals surface area contributed by atoms with Crippen LogP contribution in [0, 0.1) is 11.3 Å². The van der Waals surface area contributed by atoms with Crippen LogP contribution in [0.2, 0.25) is 0 Å². The number of hydrogen-bond donors (Lipinski definition) is 1. The number of imidazole rings is 1. The summed E-state index contributed by atoms with van der Waals surface area (Å²) in [6.07, 6.45) is 0. The summed E-state index contributed by atoms with van der Waals surface area (Å²) in [5.74, 6) is 1.34. The molecule has 0 saturated heterocycles. The zero-order valence-electron chi connectivity index (χ0n) is 12.2. The van der Waals surface area contributed by atoms with E-state index in [4.69, 9.17) is 10.00 Å². The number of aromatic nitrogens is 2. The summed E-state index contributed by atoms with van der Waals surface area (Å²) in [7, 11) is 1.61. The van der Waals surface area contributed by atoms with Gasteiger partial charge >= 0.3 is 0 Å². The number of nitrogens with zero attached hydrogens (tertiary/aromatic N) is 3. The minimum Gasteiger partial charge on any atom is -0.497 e. The summed E-state index contributed by atoms with van der Waals surface area (Å²) >= 11 is 0. The molecule has 0 radical (unpaired) electrons. The van der Waals surface area contributed by atoms with Crippen molar-refractivity contribution in [3.05, 3.63) is 59.4 Å². The van der Waals surface area contributed by atoms with Gasteiger partial charge in [-0.05, 0) is 29.8 Å². The standard InChI is InChI=1S/C17H15N3O2/c1-22-14-6-7-16-15(8-14)19-17(11-21)20(16)10-13-4-2-12(9-18)3-5-13/h2-8,21H,10-11H2,1H3. The van der Waals surface area contributed by atoms with Crippen LogP contribution in [-0.4, -0.2) is 21.8 Å². The first kappa shape index (κ1) is 14.1. The van der Waals surface area contributed by atoms with Crippen molar-refractivity contribution in [1.29, 1.82) is 5.26 Å². The van der Waals surface area contributed by atoms with Crippen LogP contribution in [0.5, 0.6) is 5.75 Å². The van der Waals surface area contributed by atoms with Crippen LogP contribution >= 0.6 is 0 Å². The third kappa shape index (κ3) is 2.52. The molecular weight excluding hydrogens is 278 g/mol. The second kappa shape index (κ2) is 5.88. The van der Waals surface area contributed by atoms with Crippen LogP contribution in [0.15, 0.2) is 42.5 Å². The number of methoxy groups -OCH3 is 1. The lowest BCUT2D eigenvalue weighted by atomic mass is 10.1. The molecule has 5 nitrogen and oxygen atoms in total. The first-order chi connectivity index (χ1) is 10.7. The summed E-state index contributed by atoms with van der Waals surface area (Å²) in [5, 5.41) is 18.4. The van der Waals surface area contributed by atoms with Crippen molar-refractivity contribution in [3.8, 4) is 11.8 Å². The average molecular weight is 293 g/mol. The van der Waals surface area contributed by atoms with Gasteiger partial charge in [0.25, 0.3) is 0 Å². The average Bonchev–Trinajstić information content (AvgIpc) is 2.92. The molecule has 22 heavy (non-hydrogen) atoms. The van der Waals surface area contributed by atoms with Crippen LogP contribution in [-0.2, 0) is 13.2 Å². The van der Waals surface area contributed by atoms with Crippen LogP contribution < -0.4 is 4.74 Å². The molecule has 0 aliphatic rings. The number of fused-ring (bicyclic) bond motifs is 1. The van der Waals surface area contributed by atoms with Gasteiger partial charge < -0.3 is 14.4 Å². The van der Waals surface area contributed by atoms with Gasteiger partial charge in [0, 0.05) is 12.6 Å². The van der Waals surface area contributed by atoms with Gasteiger partial charge in [-0.2, -0.15) is 5.26 Å². The molecule has 0 bridgehead atoms. The van der Waals surface area contributed by atoms with E-state index in [0.29, 0.717) is 17.9 Å². The van der Waals surface area contributed by atoms with E-state index in [2.05, 4.69) is 11.1 Å². The minimum absolute atomic E-state index is 0.132. The zero-order chi connectivity index (χ0) is 15.5. The smallest absolute Gasteiger partial charge is 0.136 e. The molecule has 0 fully saturated rings. The summed E-state index contributed by atoms with van der Waals surface area (Å²) in [6.45, 7) is 0.456. The maximum Gasteiger partial charge on any atom is 0.136 e. The van der Waals surface area contributed by atoms with Crippen LogP contribution in [0.25, 0.3) is 11.0 Å². The Labute approximate surface area is 128 Å². The van der Waals surface area contributed by atoms with Crippen molar-refractivity contribution in [2.75, 3.05) is 7.11 Å². The van der Waals surface area contributed by atoms with Gasteiger partial charge in [-0.25, -0.2) is 4.98 Å². The highest BCUT2D eigenvalue weighted by atomic mass is 16.5. The molecule has 1 N–H and O–H groups in total. The fourth-order valence-electron chi connectivity index (χ4n) is 2.45. The molecule has 3 rings (SSSR count). The van der Waals surface area contributed by atoms with Crippen molar-refractivity contribution in [3.63, 3.8) is 0 Å². The molecule has 1 aromatic heterocycles. The van der Waals surface area contributed by atoms with Gasteiger partial charge in [0.1, 0.15) is 18.2 Å². The van der Waals surface area contributed by atoms with Crippen LogP contribution in [0.1, 0.15) is 17.0 Å². The van der Waals surface area contributed by atoms with E-state index >= 15 is 0 Å². The SMILES string of the molecule is COc1ccc2c(c1)nc(CO)n2Cc1ccc(C#N)cc1. The van der Waals surface area contributed by atoms with Crippen molar-refractivity contribution in [2.45, 2.75) is 13.2 Å². The molecule has 0 aliphatic carbocycles. The quantitative estimate of drug-likeness (QED) is 0.802. The monoisotopic (exact) mass is 293 g/mol. The number of hydrogen-bond acceptors (Lipinski definition) is 4. The first-order valence-corrected chi connectivity index (χ1v) is 6.88. The summed E-state index contributed by atoms with van der Waals surface area (Å²) in [4.78, 5) is 4.45. The zero-order valence-corrected chi connectivity index (χ0v) is 12.2. The van der Waals surface area contributed by atoms with E-state index in [1.165, 1.54) is 0 Å². The highest BCUT2D eigenvalue weighted by Gasteiger charge is 2.11. The lowest BCUT2D eigenvalue weighted by molar-refractivity contribution is 0.267. The fourth-order valence-corrected chi connectivity index (χ4v) is 2.45. The number of ether oxygens (including phenoxy) is 1. The Balaban J connectivity index is 2.02. The molecule has 5 heteroatoms. The Hall–Kier alpha value is -2.84. The van der Waals surface area contributed by atoms with Gasteiger partial charge in [0.05, 0.1) is 29.8 Å². The topological polar surface area (TPSA) is 71.1 Å². The Bertz CT molecular complexity index is 845. The number of benzene rings is 2. The Morgan fingerprint density at radius 2 is 2.00 bits per heavy atom. The normalized spacial score (nSPS) is 10.6. The van der Waals surface area contributed by atoms with Gasteiger partial charge in [-0.3, -0.25) is 0 Å². The van der Waals surface area contributed by atoms with Crippen LogP contribution in [0.4, 0.5) is 0 Å². The lowest BCUT2D eigenvalue weighted by Crippen LogP contribution is -2.05.